The van der Waals surface area contributed by atoms with E-state index in [0.29, 0.717) is 12.3 Å². The summed E-state index contributed by atoms with van der Waals surface area (Å²) in [5.41, 5.74) is 0. The van der Waals surface area contributed by atoms with Crippen LogP contribution in [0.15, 0.2) is 0 Å². The van der Waals surface area contributed by atoms with Crippen molar-refractivity contribution in [2.24, 2.45) is 0 Å². The molecule has 2 nitrogen and oxygen atoms in total. The Bertz CT molecular complexity index is 127. The van der Waals surface area contributed by atoms with Crippen molar-refractivity contribution in [1.82, 2.24) is 4.90 Å². The van der Waals surface area contributed by atoms with Gasteiger partial charge in [0.05, 0.1) is 0 Å². The van der Waals surface area contributed by atoms with Gasteiger partial charge in [-0.15, -0.1) is 0 Å². The second-order valence-electron chi connectivity index (χ2n) is 3.13. The first kappa shape index (κ1) is 15.5. The van der Waals surface area contributed by atoms with Crippen molar-refractivity contribution < 1.29 is 25.1 Å². The largest absolute Gasteiger partial charge is 1.00 e. The normalized spacial score (nSPS) is 9.15. The fourth-order valence-electron chi connectivity index (χ4n) is 1.27. The molecule has 1 amide bonds. The average molecular weight is 179 g/mol. The van der Waals surface area contributed by atoms with Gasteiger partial charge in [-0.1, -0.05) is 20.8 Å². The molecule has 0 fully saturated rings. The first-order valence-electron chi connectivity index (χ1n) is 5.04. The van der Waals surface area contributed by atoms with E-state index in [9.17, 15) is 4.79 Å². The van der Waals surface area contributed by atoms with Crippen LogP contribution >= 0.6 is 0 Å². The molecule has 0 N–H and O–H groups in total. The quantitative estimate of drug-likeness (QED) is 0.506. The molecule has 0 radical (unpaired) electrons. The van der Waals surface area contributed by atoms with E-state index < -0.39 is 0 Å². The minimum absolute atomic E-state index is 0. The fraction of sp³-hybridized carbons (Fsp3) is 0.900. The Kier molecular flexibility index (Phi) is 12.1. The predicted molar refractivity (Wildman–Crippen MR) is 53.2 cm³/mol. The molecule has 0 aliphatic carbocycles. The van der Waals surface area contributed by atoms with Crippen LogP contribution in [0.1, 0.15) is 47.9 Å². The number of hydrogen-bond donors (Lipinski definition) is 0. The standard InChI is InChI=1S/C10H21NO.Li.H/c1-4-7-10(12)11(8-5-2)9-6-3;;/h4-9H2,1-3H3;;/q;+1;-1. The van der Waals surface area contributed by atoms with Gasteiger partial charge in [-0.05, 0) is 19.3 Å². The van der Waals surface area contributed by atoms with Gasteiger partial charge in [-0.3, -0.25) is 4.79 Å². The van der Waals surface area contributed by atoms with E-state index in [1.165, 1.54) is 0 Å². The number of carbonyl (C=O) groups excluding carboxylic acids is 1. The molecule has 0 aliphatic rings. The van der Waals surface area contributed by atoms with Gasteiger partial charge in [-0.25, -0.2) is 0 Å². The Balaban J connectivity index is -0.000000605. The number of rotatable bonds is 6. The average Bonchev–Trinajstić information content (AvgIpc) is 2.04. The van der Waals surface area contributed by atoms with Gasteiger partial charge in [0.15, 0.2) is 0 Å². The Morgan fingerprint density at radius 2 is 1.54 bits per heavy atom. The van der Waals surface area contributed by atoms with Gasteiger partial charge >= 0.3 is 18.9 Å². The first-order valence-corrected chi connectivity index (χ1v) is 5.04. The minimum atomic E-state index is 0. The van der Waals surface area contributed by atoms with Crippen LogP contribution in [-0.2, 0) is 4.79 Å². The van der Waals surface area contributed by atoms with E-state index in [-0.39, 0.29) is 20.3 Å². The third-order valence-electron chi connectivity index (χ3n) is 1.80. The number of amides is 1. The Labute approximate surface area is 95.7 Å². The van der Waals surface area contributed by atoms with Crippen molar-refractivity contribution in [2.75, 3.05) is 13.1 Å². The van der Waals surface area contributed by atoms with Crippen molar-refractivity contribution in [1.29, 1.82) is 0 Å². The van der Waals surface area contributed by atoms with Gasteiger partial charge in [-0.2, -0.15) is 0 Å². The summed E-state index contributed by atoms with van der Waals surface area (Å²) in [5.74, 6) is 0.321. The third kappa shape index (κ3) is 7.16. The first-order chi connectivity index (χ1) is 5.76. The zero-order chi connectivity index (χ0) is 9.40. The van der Waals surface area contributed by atoms with E-state index in [2.05, 4.69) is 13.8 Å². The molecule has 0 aromatic rings. The van der Waals surface area contributed by atoms with Crippen molar-refractivity contribution in [3.05, 3.63) is 0 Å². The number of carbonyl (C=O) groups is 1. The smallest absolute Gasteiger partial charge is 1.00 e. The SMILES string of the molecule is CCCC(=O)N(CCC)CCC.[H-].[Li+]. The van der Waals surface area contributed by atoms with Crippen LogP contribution in [0.4, 0.5) is 0 Å². The molecule has 3 heteroatoms. The summed E-state index contributed by atoms with van der Waals surface area (Å²) in [6, 6.07) is 0. The summed E-state index contributed by atoms with van der Waals surface area (Å²) >= 11 is 0. The molecular weight excluding hydrogens is 157 g/mol. The van der Waals surface area contributed by atoms with Crippen LogP contribution in [0.5, 0.6) is 0 Å². The van der Waals surface area contributed by atoms with Crippen LogP contribution in [0.3, 0.4) is 0 Å². The van der Waals surface area contributed by atoms with Crippen LogP contribution in [0.25, 0.3) is 0 Å². The Morgan fingerprint density at radius 3 is 1.85 bits per heavy atom. The maximum absolute atomic E-state index is 11.4. The van der Waals surface area contributed by atoms with Crippen molar-refractivity contribution in [2.45, 2.75) is 46.5 Å². The Hall–Kier alpha value is 0.0674. The maximum atomic E-state index is 11.4. The maximum Gasteiger partial charge on any atom is 1.00 e. The van der Waals surface area contributed by atoms with E-state index in [1.807, 2.05) is 11.8 Å². The predicted octanol–water partition coefficient (Wildman–Crippen LogP) is -0.448. The number of nitrogens with zero attached hydrogens (tertiary/aromatic N) is 1. The van der Waals surface area contributed by atoms with Crippen LogP contribution in [0, 0.1) is 0 Å². The molecule has 13 heavy (non-hydrogen) atoms. The molecule has 0 saturated carbocycles. The minimum Gasteiger partial charge on any atom is -1.00 e. The molecule has 0 aliphatic heterocycles. The molecule has 0 spiro atoms. The molecule has 0 bridgehead atoms. The van der Waals surface area contributed by atoms with Gasteiger partial charge in [0, 0.05) is 19.5 Å². The van der Waals surface area contributed by atoms with E-state index in [0.717, 1.165) is 32.4 Å². The second kappa shape index (κ2) is 10.2. The van der Waals surface area contributed by atoms with E-state index in [1.54, 1.807) is 0 Å². The summed E-state index contributed by atoms with van der Waals surface area (Å²) in [4.78, 5) is 13.4. The topological polar surface area (TPSA) is 20.3 Å². The van der Waals surface area contributed by atoms with E-state index >= 15 is 0 Å². The molecule has 0 aromatic heterocycles. The summed E-state index contributed by atoms with van der Waals surface area (Å²) < 4.78 is 0. The van der Waals surface area contributed by atoms with Crippen molar-refractivity contribution in [3.8, 4) is 0 Å². The summed E-state index contributed by atoms with van der Waals surface area (Å²) in [5, 5.41) is 0. The third-order valence-corrected chi connectivity index (χ3v) is 1.80. The Morgan fingerprint density at radius 1 is 1.08 bits per heavy atom. The number of hydrogen-bond acceptors (Lipinski definition) is 1. The molecule has 74 valence electrons. The van der Waals surface area contributed by atoms with Gasteiger partial charge in [0.2, 0.25) is 5.91 Å². The summed E-state index contributed by atoms with van der Waals surface area (Å²) in [6.45, 7) is 8.12. The van der Waals surface area contributed by atoms with Crippen LogP contribution in [0.2, 0.25) is 0 Å². The molecule has 0 rings (SSSR count). The van der Waals surface area contributed by atoms with Gasteiger partial charge in [0.1, 0.15) is 0 Å². The molecule has 0 atom stereocenters. The summed E-state index contributed by atoms with van der Waals surface area (Å²) in [6.07, 6.45) is 3.80. The van der Waals surface area contributed by atoms with Crippen molar-refractivity contribution in [3.63, 3.8) is 0 Å². The van der Waals surface area contributed by atoms with Gasteiger partial charge < -0.3 is 6.33 Å². The summed E-state index contributed by atoms with van der Waals surface area (Å²) in [7, 11) is 0. The fourth-order valence-corrected chi connectivity index (χ4v) is 1.27. The van der Waals surface area contributed by atoms with Crippen LogP contribution < -0.4 is 18.9 Å². The zero-order valence-electron chi connectivity index (χ0n) is 10.6. The molecular formula is C10H22LiNO. The molecule has 0 aromatic carbocycles. The van der Waals surface area contributed by atoms with Gasteiger partial charge in [0.25, 0.3) is 0 Å². The molecule has 0 unspecified atom stereocenters. The zero-order valence-corrected chi connectivity index (χ0v) is 9.60. The van der Waals surface area contributed by atoms with Crippen molar-refractivity contribution >= 4 is 5.91 Å². The molecule has 0 heterocycles. The second-order valence-corrected chi connectivity index (χ2v) is 3.13. The van der Waals surface area contributed by atoms with Crippen LogP contribution in [-0.4, -0.2) is 23.9 Å². The monoisotopic (exact) mass is 179 g/mol. The van der Waals surface area contributed by atoms with E-state index in [4.69, 9.17) is 0 Å². The molecule has 0 saturated heterocycles.